The number of thiophene rings is 1. The van der Waals surface area contributed by atoms with Gasteiger partial charge in [-0.05, 0) is 40.8 Å². The molecule has 1 aromatic heterocycles. The number of nitrogens with one attached hydrogen (secondary N) is 5. The van der Waals surface area contributed by atoms with E-state index in [2.05, 4.69) is 26.6 Å². The molecule has 1 aliphatic rings. The molecule has 11 heteroatoms. The molecule has 8 N–H and O–H groups in total. The second-order valence-corrected chi connectivity index (χ2v) is 9.40. The van der Waals surface area contributed by atoms with Gasteiger partial charge in [-0.3, -0.25) is 0 Å². The third kappa shape index (κ3) is 5.04. The first-order valence-electron chi connectivity index (χ1n) is 11.7. The maximum atomic E-state index is 13.1. The van der Waals surface area contributed by atoms with Crippen molar-refractivity contribution in [2.45, 2.75) is 11.5 Å². The van der Waals surface area contributed by atoms with Crippen LogP contribution in [0.25, 0.3) is 5.57 Å². The number of aromatic hydroxyl groups is 1. The predicted octanol–water partition coefficient (Wildman–Crippen LogP) is 3.27. The summed E-state index contributed by atoms with van der Waals surface area (Å²) in [4.78, 5) is 39.1. The van der Waals surface area contributed by atoms with E-state index in [9.17, 15) is 19.5 Å². The number of hydrogen-bond acceptors (Lipinski definition) is 5. The van der Waals surface area contributed by atoms with Gasteiger partial charge in [0.2, 0.25) is 0 Å². The van der Waals surface area contributed by atoms with Crippen molar-refractivity contribution in [1.82, 2.24) is 26.6 Å². The van der Waals surface area contributed by atoms with Gasteiger partial charge in [0.05, 0.1) is 11.6 Å². The fourth-order valence-electron chi connectivity index (χ4n) is 4.58. The van der Waals surface area contributed by atoms with Crippen molar-refractivity contribution < 1.29 is 19.5 Å². The molecule has 2 unspecified atom stereocenters. The molecule has 0 aliphatic heterocycles. The standard InChI is InChI=1S/C27H28N6O4S/c1-29-25(36)31-21-15-19(20-9-6-14-38-20)23(32-24(28)35)22(16-7-4-3-5-8-16)27(21,33-26(37)30-2)17-10-12-18(34)13-11-17/h3-15,19,34H,1-2H3,(H3,28,32,35)(H2,29,31,36)(H2,30,33,37). The number of phenolic OH excluding ortho intramolecular Hbond substituents is 1. The van der Waals surface area contributed by atoms with E-state index < -0.39 is 29.6 Å². The number of benzene rings is 2. The summed E-state index contributed by atoms with van der Waals surface area (Å²) in [7, 11) is 2.96. The van der Waals surface area contributed by atoms with Crippen LogP contribution in [0.3, 0.4) is 0 Å². The summed E-state index contributed by atoms with van der Waals surface area (Å²) in [6.07, 6.45) is 1.78. The smallest absolute Gasteiger partial charge is 0.318 e. The van der Waals surface area contributed by atoms with E-state index in [0.717, 1.165) is 4.88 Å². The number of carbonyl (C=O) groups is 3. The van der Waals surface area contributed by atoms with Crippen LogP contribution in [0, 0.1) is 0 Å². The highest BCUT2D eigenvalue weighted by atomic mass is 32.1. The first-order chi connectivity index (χ1) is 18.3. The molecule has 0 fully saturated rings. The molecule has 10 nitrogen and oxygen atoms in total. The highest BCUT2D eigenvalue weighted by Gasteiger charge is 2.49. The second-order valence-electron chi connectivity index (χ2n) is 8.42. The minimum Gasteiger partial charge on any atom is -0.508 e. The van der Waals surface area contributed by atoms with E-state index in [1.54, 1.807) is 18.2 Å². The fourth-order valence-corrected chi connectivity index (χ4v) is 5.38. The molecule has 38 heavy (non-hydrogen) atoms. The molecule has 2 aromatic carbocycles. The quantitative estimate of drug-likeness (QED) is 0.260. The minimum atomic E-state index is -1.53. The van der Waals surface area contributed by atoms with Gasteiger partial charge < -0.3 is 37.4 Å². The SMILES string of the molecule is CNC(=O)NC1=CC(c2cccs2)C(NC(N)=O)=C(c2ccccc2)C1(NC(=O)NC)c1ccc(O)cc1. The van der Waals surface area contributed by atoms with Crippen LogP contribution in [0.2, 0.25) is 0 Å². The van der Waals surface area contributed by atoms with Crippen LogP contribution >= 0.6 is 11.3 Å². The third-order valence-corrected chi connectivity index (χ3v) is 7.12. The van der Waals surface area contributed by atoms with Crippen LogP contribution < -0.4 is 32.3 Å². The van der Waals surface area contributed by atoms with Gasteiger partial charge in [0.1, 0.15) is 11.3 Å². The lowest BCUT2D eigenvalue weighted by atomic mass is 9.69. The summed E-state index contributed by atoms with van der Waals surface area (Å²) in [6.45, 7) is 0. The lowest BCUT2D eigenvalue weighted by Gasteiger charge is -2.45. The van der Waals surface area contributed by atoms with Crippen LogP contribution in [0.5, 0.6) is 5.75 Å². The van der Waals surface area contributed by atoms with Crippen molar-refractivity contribution in [3.8, 4) is 5.75 Å². The average molecular weight is 533 g/mol. The van der Waals surface area contributed by atoms with E-state index >= 15 is 0 Å². The van der Waals surface area contributed by atoms with Crippen molar-refractivity contribution in [1.29, 1.82) is 0 Å². The minimum absolute atomic E-state index is 0.0154. The van der Waals surface area contributed by atoms with Crippen LogP contribution in [-0.2, 0) is 5.54 Å². The zero-order valence-electron chi connectivity index (χ0n) is 20.7. The fraction of sp³-hybridized carbons (Fsp3) is 0.148. The number of nitrogens with two attached hydrogens (primary N) is 1. The molecular formula is C27H28N6O4S. The molecule has 3 aromatic rings. The number of rotatable bonds is 6. The summed E-state index contributed by atoms with van der Waals surface area (Å²) in [5.74, 6) is -0.511. The Morgan fingerprint density at radius 3 is 2.16 bits per heavy atom. The Balaban J connectivity index is 2.17. The van der Waals surface area contributed by atoms with Gasteiger partial charge in [0.15, 0.2) is 0 Å². The number of amides is 6. The van der Waals surface area contributed by atoms with E-state index in [1.165, 1.54) is 37.6 Å². The zero-order chi connectivity index (χ0) is 27.3. The summed E-state index contributed by atoms with van der Waals surface area (Å²) in [5.41, 5.74) is 6.55. The van der Waals surface area contributed by atoms with Crippen molar-refractivity contribution in [3.63, 3.8) is 0 Å². The first-order valence-corrected chi connectivity index (χ1v) is 12.6. The van der Waals surface area contributed by atoms with Crippen LogP contribution in [0.15, 0.2) is 89.6 Å². The lowest BCUT2D eigenvalue weighted by molar-refractivity contribution is 0.233. The average Bonchev–Trinajstić information content (AvgIpc) is 3.45. The van der Waals surface area contributed by atoms with Gasteiger partial charge in [0.25, 0.3) is 0 Å². The summed E-state index contributed by atoms with van der Waals surface area (Å²) < 4.78 is 0. The zero-order valence-corrected chi connectivity index (χ0v) is 21.6. The normalized spacial score (nSPS) is 18.7. The second kappa shape index (κ2) is 11.1. The molecule has 2 atom stereocenters. The van der Waals surface area contributed by atoms with E-state index in [4.69, 9.17) is 5.73 Å². The topological polar surface area (TPSA) is 158 Å². The Morgan fingerprint density at radius 1 is 0.895 bits per heavy atom. The maximum Gasteiger partial charge on any atom is 0.318 e. The Hall–Kier alpha value is -4.77. The van der Waals surface area contributed by atoms with Crippen molar-refractivity contribution in [3.05, 3.63) is 106 Å². The summed E-state index contributed by atoms with van der Waals surface area (Å²) >= 11 is 1.47. The number of urea groups is 3. The Bertz CT molecular complexity index is 1390. The molecule has 1 heterocycles. The monoisotopic (exact) mass is 532 g/mol. The van der Waals surface area contributed by atoms with E-state index in [-0.39, 0.29) is 5.75 Å². The molecular weight excluding hydrogens is 504 g/mol. The highest BCUT2D eigenvalue weighted by molar-refractivity contribution is 7.10. The van der Waals surface area contributed by atoms with Crippen LogP contribution in [0.4, 0.5) is 14.4 Å². The Morgan fingerprint density at radius 2 is 1.58 bits per heavy atom. The van der Waals surface area contributed by atoms with Gasteiger partial charge >= 0.3 is 18.1 Å². The third-order valence-electron chi connectivity index (χ3n) is 6.17. The highest BCUT2D eigenvalue weighted by Crippen LogP contribution is 2.50. The summed E-state index contributed by atoms with van der Waals surface area (Å²) in [5, 5.41) is 25.9. The van der Waals surface area contributed by atoms with Crippen LogP contribution in [0.1, 0.15) is 21.9 Å². The van der Waals surface area contributed by atoms with Crippen molar-refractivity contribution in [2.24, 2.45) is 5.73 Å². The van der Waals surface area contributed by atoms with Crippen LogP contribution in [-0.4, -0.2) is 37.3 Å². The molecule has 6 amide bonds. The van der Waals surface area contributed by atoms with E-state index in [0.29, 0.717) is 28.1 Å². The van der Waals surface area contributed by atoms with Gasteiger partial charge in [-0.25, -0.2) is 14.4 Å². The molecule has 0 saturated heterocycles. The molecule has 0 saturated carbocycles. The van der Waals surface area contributed by atoms with Crippen molar-refractivity contribution in [2.75, 3.05) is 14.1 Å². The first kappa shape index (κ1) is 26.3. The number of carbonyl (C=O) groups excluding carboxylic acids is 3. The van der Waals surface area contributed by atoms with Gasteiger partial charge in [-0.15, -0.1) is 11.3 Å². The molecule has 1 aliphatic carbocycles. The summed E-state index contributed by atoms with van der Waals surface area (Å²) in [6, 6.07) is 17.4. The molecule has 0 spiro atoms. The predicted molar refractivity (Wildman–Crippen MR) is 146 cm³/mol. The Kier molecular flexibility index (Phi) is 7.68. The van der Waals surface area contributed by atoms with E-state index in [1.807, 2.05) is 47.8 Å². The number of primary amides is 1. The van der Waals surface area contributed by atoms with Gasteiger partial charge in [-0.2, -0.15) is 0 Å². The molecule has 196 valence electrons. The lowest BCUT2D eigenvalue weighted by Crippen LogP contribution is -2.57. The van der Waals surface area contributed by atoms with Gasteiger partial charge in [0, 0.05) is 30.2 Å². The number of phenols is 1. The largest absolute Gasteiger partial charge is 0.508 e. The molecule has 0 bridgehead atoms. The maximum absolute atomic E-state index is 13.1. The Labute approximate surface area is 223 Å². The molecule has 4 rings (SSSR count). The van der Waals surface area contributed by atoms with Gasteiger partial charge in [-0.1, -0.05) is 48.5 Å². The van der Waals surface area contributed by atoms with Crippen molar-refractivity contribution >= 4 is 35.0 Å². The number of hydrogen-bond donors (Lipinski definition) is 7. The molecule has 0 radical (unpaired) electrons. The number of allylic oxidation sites excluding steroid dienone is 1.